The summed E-state index contributed by atoms with van der Waals surface area (Å²) in [5.74, 6) is -0.112. The first-order chi connectivity index (χ1) is 10.0. The highest BCUT2D eigenvalue weighted by Crippen LogP contribution is 2.31. The minimum atomic E-state index is -0.112. The first kappa shape index (κ1) is 15.6. The second-order valence-corrected chi connectivity index (χ2v) is 5.60. The van der Waals surface area contributed by atoms with Crippen molar-refractivity contribution >= 4 is 34.6 Å². The van der Waals surface area contributed by atoms with Crippen LogP contribution in [0, 0.1) is 6.92 Å². The lowest BCUT2D eigenvalue weighted by Crippen LogP contribution is -1.95. The Hall–Kier alpha value is -1.83. The van der Waals surface area contributed by atoms with E-state index >= 15 is 0 Å². The molecule has 2 aromatic carbocycles. The molecule has 0 saturated heterocycles. The van der Waals surface area contributed by atoms with E-state index < -0.39 is 0 Å². The fraction of sp³-hybridized carbons (Fsp3) is 0.0556. The third-order valence-electron chi connectivity index (χ3n) is 3.17. The summed E-state index contributed by atoms with van der Waals surface area (Å²) in [4.78, 5) is 11.6. The number of carbonyl (C=O) groups excluding carboxylic acids is 1. The molecule has 2 aromatic rings. The smallest absolute Gasteiger partial charge is 0.185 e. The van der Waals surface area contributed by atoms with E-state index in [4.69, 9.17) is 23.2 Å². The van der Waals surface area contributed by atoms with Gasteiger partial charge in [-0.2, -0.15) is 0 Å². The zero-order valence-corrected chi connectivity index (χ0v) is 13.1. The number of hydrogen-bond donors (Lipinski definition) is 0. The van der Waals surface area contributed by atoms with Crippen molar-refractivity contribution < 1.29 is 4.79 Å². The van der Waals surface area contributed by atoms with E-state index in [1.165, 1.54) is 6.08 Å². The van der Waals surface area contributed by atoms with Gasteiger partial charge in [0.15, 0.2) is 5.78 Å². The number of aryl methyl sites for hydroxylation is 1. The summed E-state index contributed by atoms with van der Waals surface area (Å²) in [7, 11) is 0. The van der Waals surface area contributed by atoms with Crippen molar-refractivity contribution in [2.75, 3.05) is 0 Å². The zero-order chi connectivity index (χ0) is 15.4. The second kappa shape index (κ2) is 6.75. The monoisotopic (exact) mass is 316 g/mol. The van der Waals surface area contributed by atoms with Crippen LogP contribution in [0.3, 0.4) is 0 Å². The molecular weight excluding hydrogens is 303 g/mol. The van der Waals surface area contributed by atoms with Crippen LogP contribution in [-0.2, 0) is 0 Å². The van der Waals surface area contributed by atoms with Crippen LogP contribution in [0.1, 0.15) is 27.0 Å². The normalized spacial score (nSPS) is 10.0. The summed E-state index contributed by atoms with van der Waals surface area (Å²) in [6.07, 6.45) is 1.29. The first-order valence-corrected chi connectivity index (χ1v) is 7.18. The lowest BCUT2D eigenvalue weighted by Gasteiger charge is -2.10. The Morgan fingerprint density at radius 2 is 1.33 bits per heavy atom. The van der Waals surface area contributed by atoms with Gasteiger partial charge in [0, 0.05) is 11.1 Å². The Balaban J connectivity index is 2.45. The maximum absolute atomic E-state index is 11.6. The van der Waals surface area contributed by atoms with Crippen molar-refractivity contribution in [3.8, 4) is 0 Å². The third kappa shape index (κ3) is 3.63. The topological polar surface area (TPSA) is 17.1 Å². The molecule has 21 heavy (non-hydrogen) atoms. The molecule has 0 bridgehead atoms. The van der Waals surface area contributed by atoms with Crippen LogP contribution in [0.25, 0.3) is 5.57 Å². The number of hydrogen-bond acceptors (Lipinski definition) is 1. The van der Waals surface area contributed by atoms with Crippen LogP contribution in [0.4, 0.5) is 0 Å². The molecule has 0 amide bonds. The SMILES string of the molecule is C=CC(=O)c1ccc(C(=C(Cl)Cl)c2ccc(C)cc2)cc1. The number of benzene rings is 2. The van der Waals surface area contributed by atoms with E-state index in [1.54, 1.807) is 12.1 Å². The number of allylic oxidation sites excluding steroid dienone is 1. The molecule has 0 radical (unpaired) electrons. The van der Waals surface area contributed by atoms with E-state index in [-0.39, 0.29) is 10.3 Å². The van der Waals surface area contributed by atoms with Crippen LogP contribution < -0.4 is 0 Å². The minimum Gasteiger partial charge on any atom is -0.289 e. The fourth-order valence-corrected chi connectivity index (χ4v) is 2.46. The highest BCUT2D eigenvalue weighted by atomic mass is 35.5. The molecule has 0 unspecified atom stereocenters. The predicted octanol–water partition coefficient (Wildman–Crippen LogP) is 5.56. The number of carbonyl (C=O) groups is 1. The van der Waals surface area contributed by atoms with Crippen molar-refractivity contribution in [2.24, 2.45) is 0 Å². The molecule has 106 valence electrons. The van der Waals surface area contributed by atoms with Gasteiger partial charge in [-0.3, -0.25) is 4.79 Å². The Labute approximate surface area is 134 Å². The number of ketones is 1. The van der Waals surface area contributed by atoms with Gasteiger partial charge in [-0.25, -0.2) is 0 Å². The summed E-state index contributed by atoms with van der Waals surface area (Å²) in [6, 6.07) is 15.1. The lowest BCUT2D eigenvalue weighted by atomic mass is 9.97. The molecule has 0 aromatic heterocycles. The average Bonchev–Trinajstić information content (AvgIpc) is 2.49. The van der Waals surface area contributed by atoms with Crippen LogP contribution in [-0.4, -0.2) is 5.78 Å². The Morgan fingerprint density at radius 3 is 1.76 bits per heavy atom. The quantitative estimate of drug-likeness (QED) is 0.533. The minimum absolute atomic E-state index is 0.112. The third-order valence-corrected chi connectivity index (χ3v) is 3.55. The molecule has 0 fully saturated rings. The summed E-state index contributed by atoms with van der Waals surface area (Å²) >= 11 is 12.1. The first-order valence-electron chi connectivity index (χ1n) is 6.42. The summed E-state index contributed by atoms with van der Waals surface area (Å²) in [5.41, 5.74) is 4.29. The van der Waals surface area contributed by atoms with Gasteiger partial charge >= 0.3 is 0 Å². The van der Waals surface area contributed by atoms with Gasteiger partial charge in [0.1, 0.15) is 4.49 Å². The van der Waals surface area contributed by atoms with Crippen LogP contribution in [0.2, 0.25) is 0 Å². The molecule has 2 rings (SSSR count). The number of rotatable bonds is 4. The van der Waals surface area contributed by atoms with Gasteiger partial charge in [0.05, 0.1) is 0 Å². The maximum atomic E-state index is 11.6. The van der Waals surface area contributed by atoms with E-state index in [0.717, 1.165) is 22.3 Å². The highest BCUT2D eigenvalue weighted by molar-refractivity contribution is 6.59. The molecule has 0 atom stereocenters. The Bertz CT molecular complexity index is 691. The van der Waals surface area contributed by atoms with Gasteiger partial charge in [-0.05, 0) is 24.1 Å². The van der Waals surface area contributed by atoms with Gasteiger partial charge in [0.25, 0.3) is 0 Å². The molecule has 1 nitrogen and oxygen atoms in total. The van der Waals surface area contributed by atoms with Crippen molar-refractivity contribution in [1.29, 1.82) is 0 Å². The molecule has 0 saturated carbocycles. The molecular formula is C18H14Cl2O. The average molecular weight is 317 g/mol. The van der Waals surface area contributed by atoms with Gasteiger partial charge in [-0.15, -0.1) is 0 Å². The Morgan fingerprint density at radius 1 is 0.905 bits per heavy atom. The highest BCUT2D eigenvalue weighted by Gasteiger charge is 2.10. The van der Waals surface area contributed by atoms with E-state index in [2.05, 4.69) is 6.58 Å². The fourth-order valence-electron chi connectivity index (χ4n) is 2.02. The number of halogens is 2. The predicted molar refractivity (Wildman–Crippen MR) is 89.9 cm³/mol. The molecule has 0 spiro atoms. The summed E-state index contributed by atoms with van der Waals surface area (Å²) in [5, 5.41) is 0. The van der Waals surface area contributed by atoms with Crippen molar-refractivity contribution in [1.82, 2.24) is 0 Å². The van der Waals surface area contributed by atoms with Gasteiger partial charge in [0.2, 0.25) is 0 Å². The molecule has 3 heteroatoms. The van der Waals surface area contributed by atoms with E-state index in [9.17, 15) is 4.79 Å². The lowest BCUT2D eigenvalue weighted by molar-refractivity contribution is 0.104. The van der Waals surface area contributed by atoms with E-state index in [0.29, 0.717) is 5.56 Å². The Kier molecular flexibility index (Phi) is 5.00. The van der Waals surface area contributed by atoms with E-state index in [1.807, 2.05) is 43.3 Å². The molecule has 0 aliphatic carbocycles. The summed E-state index contributed by atoms with van der Waals surface area (Å²) < 4.78 is 0.196. The van der Waals surface area contributed by atoms with Gasteiger partial charge in [-0.1, -0.05) is 83.9 Å². The molecule has 0 heterocycles. The molecule has 0 aliphatic rings. The maximum Gasteiger partial charge on any atom is 0.185 e. The molecule has 0 N–H and O–H groups in total. The van der Waals surface area contributed by atoms with Crippen molar-refractivity contribution in [3.63, 3.8) is 0 Å². The van der Waals surface area contributed by atoms with Crippen LogP contribution in [0.15, 0.2) is 65.7 Å². The zero-order valence-electron chi connectivity index (χ0n) is 11.6. The summed E-state index contributed by atoms with van der Waals surface area (Å²) in [6.45, 7) is 5.50. The molecule has 0 aliphatic heterocycles. The van der Waals surface area contributed by atoms with Crippen molar-refractivity contribution in [3.05, 3.63) is 87.9 Å². The largest absolute Gasteiger partial charge is 0.289 e. The van der Waals surface area contributed by atoms with Crippen LogP contribution >= 0.6 is 23.2 Å². The second-order valence-electron chi connectivity index (χ2n) is 4.65. The van der Waals surface area contributed by atoms with Gasteiger partial charge < -0.3 is 0 Å². The standard InChI is InChI=1S/C18H14Cl2O/c1-3-16(21)13-8-10-15(11-9-13)17(18(19)20)14-6-4-12(2)5-7-14/h3-11H,1H2,2H3. The van der Waals surface area contributed by atoms with Crippen molar-refractivity contribution in [2.45, 2.75) is 6.92 Å². The van der Waals surface area contributed by atoms with Crippen LogP contribution in [0.5, 0.6) is 0 Å².